The SMILES string of the molecule is CCNc1nc(Nc2cc(Cl)c(C)cc2Br)c(Cl)cc1Cl. The van der Waals surface area contributed by atoms with Gasteiger partial charge >= 0.3 is 0 Å². The minimum Gasteiger partial charge on any atom is -0.369 e. The number of nitrogens with zero attached hydrogens (tertiary/aromatic N) is 1. The van der Waals surface area contributed by atoms with Gasteiger partial charge in [-0.2, -0.15) is 0 Å². The Morgan fingerprint density at radius 3 is 2.38 bits per heavy atom. The van der Waals surface area contributed by atoms with Crippen molar-refractivity contribution in [3.05, 3.63) is 43.3 Å². The van der Waals surface area contributed by atoms with Crippen LogP contribution < -0.4 is 10.6 Å². The van der Waals surface area contributed by atoms with E-state index in [4.69, 9.17) is 34.8 Å². The number of halogens is 4. The predicted octanol–water partition coefficient (Wildman–Crippen LogP) is 6.29. The third kappa shape index (κ3) is 3.95. The van der Waals surface area contributed by atoms with Gasteiger partial charge in [-0.3, -0.25) is 0 Å². The van der Waals surface area contributed by atoms with Gasteiger partial charge in [0.25, 0.3) is 0 Å². The van der Waals surface area contributed by atoms with Gasteiger partial charge < -0.3 is 10.6 Å². The van der Waals surface area contributed by atoms with Gasteiger partial charge in [0.05, 0.1) is 15.7 Å². The van der Waals surface area contributed by atoms with Crippen LogP contribution >= 0.6 is 50.7 Å². The Morgan fingerprint density at radius 1 is 1.05 bits per heavy atom. The maximum absolute atomic E-state index is 6.19. The summed E-state index contributed by atoms with van der Waals surface area (Å²) in [4.78, 5) is 4.40. The monoisotopic (exact) mass is 407 g/mol. The van der Waals surface area contributed by atoms with Gasteiger partial charge in [0.2, 0.25) is 0 Å². The van der Waals surface area contributed by atoms with Crippen molar-refractivity contribution in [1.29, 1.82) is 0 Å². The second-order valence-corrected chi connectivity index (χ2v) is 6.46. The normalized spacial score (nSPS) is 10.6. The molecular weight excluding hydrogens is 396 g/mol. The molecule has 0 spiro atoms. The molecule has 1 aromatic carbocycles. The van der Waals surface area contributed by atoms with Crippen LogP contribution in [0.5, 0.6) is 0 Å². The summed E-state index contributed by atoms with van der Waals surface area (Å²) in [5.74, 6) is 1.10. The smallest absolute Gasteiger partial charge is 0.151 e. The summed E-state index contributed by atoms with van der Waals surface area (Å²) in [6.07, 6.45) is 0. The molecule has 0 saturated carbocycles. The molecule has 0 unspecified atom stereocenters. The fourth-order valence-corrected chi connectivity index (χ4v) is 2.91. The number of pyridine rings is 1. The van der Waals surface area contributed by atoms with Crippen LogP contribution in [-0.4, -0.2) is 11.5 Å². The topological polar surface area (TPSA) is 37.0 Å². The number of nitrogens with one attached hydrogen (secondary N) is 2. The average Bonchev–Trinajstić information content (AvgIpc) is 2.41. The maximum Gasteiger partial charge on any atom is 0.151 e. The van der Waals surface area contributed by atoms with E-state index in [-0.39, 0.29) is 0 Å². The molecule has 1 aromatic heterocycles. The minimum absolute atomic E-state index is 0.435. The molecule has 2 rings (SSSR count). The second-order valence-electron chi connectivity index (χ2n) is 4.39. The first-order chi connectivity index (χ1) is 9.92. The molecule has 0 saturated heterocycles. The first-order valence-corrected chi connectivity index (χ1v) is 8.17. The summed E-state index contributed by atoms with van der Waals surface area (Å²) in [5.41, 5.74) is 1.77. The van der Waals surface area contributed by atoms with E-state index < -0.39 is 0 Å². The van der Waals surface area contributed by atoms with E-state index in [1.165, 1.54) is 0 Å². The largest absolute Gasteiger partial charge is 0.369 e. The fraction of sp³-hybridized carbons (Fsp3) is 0.214. The highest BCUT2D eigenvalue weighted by Gasteiger charge is 2.11. The van der Waals surface area contributed by atoms with Gasteiger partial charge in [-0.15, -0.1) is 0 Å². The van der Waals surface area contributed by atoms with E-state index in [2.05, 4.69) is 31.5 Å². The van der Waals surface area contributed by atoms with E-state index in [1.54, 1.807) is 6.07 Å². The standard InChI is InChI=1S/C14H13BrCl3N3/c1-3-19-13-10(17)5-11(18)14(21-13)20-12-6-9(16)7(2)4-8(12)15/h4-6H,3H2,1-2H3,(H2,19,20,21). The molecule has 0 atom stereocenters. The Bertz CT molecular complexity index is 677. The molecule has 2 aromatic rings. The lowest BCUT2D eigenvalue weighted by Gasteiger charge is -2.13. The van der Waals surface area contributed by atoms with Gasteiger partial charge in [-0.05, 0) is 53.5 Å². The number of hydrogen-bond acceptors (Lipinski definition) is 3. The van der Waals surface area contributed by atoms with Crippen LogP contribution in [-0.2, 0) is 0 Å². The van der Waals surface area contributed by atoms with Crippen molar-refractivity contribution in [2.24, 2.45) is 0 Å². The second kappa shape index (κ2) is 7.05. The Morgan fingerprint density at radius 2 is 1.71 bits per heavy atom. The number of anilines is 3. The Labute approximate surface area is 147 Å². The van der Waals surface area contributed by atoms with E-state index in [9.17, 15) is 0 Å². The molecule has 0 aliphatic rings. The van der Waals surface area contributed by atoms with Crippen molar-refractivity contribution >= 4 is 68.1 Å². The van der Waals surface area contributed by atoms with Gasteiger partial charge in [0, 0.05) is 16.0 Å². The number of aromatic nitrogens is 1. The molecule has 0 radical (unpaired) electrons. The fourth-order valence-electron chi connectivity index (χ4n) is 1.72. The molecular formula is C14H13BrCl3N3. The van der Waals surface area contributed by atoms with Gasteiger partial charge in [-0.1, -0.05) is 34.8 Å². The third-order valence-corrected chi connectivity index (χ3v) is 4.41. The van der Waals surface area contributed by atoms with Gasteiger partial charge in [-0.25, -0.2) is 4.98 Å². The van der Waals surface area contributed by atoms with Crippen molar-refractivity contribution in [2.45, 2.75) is 13.8 Å². The number of benzene rings is 1. The van der Waals surface area contributed by atoms with Crippen molar-refractivity contribution in [2.75, 3.05) is 17.2 Å². The highest BCUT2D eigenvalue weighted by Crippen LogP contribution is 2.35. The zero-order valence-corrected chi connectivity index (χ0v) is 15.3. The summed E-state index contributed by atoms with van der Waals surface area (Å²) in [6.45, 7) is 4.62. The summed E-state index contributed by atoms with van der Waals surface area (Å²) >= 11 is 21.9. The van der Waals surface area contributed by atoms with Crippen LogP contribution in [0.15, 0.2) is 22.7 Å². The maximum atomic E-state index is 6.19. The highest BCUT2D eigenvalue weighted by molar-refractivity contribution is 9.10. The van der Waals surface area contributed by atoms with Crippen molar-refractivity contribution < 1.29 is 0 Å². The van der Waals surface area contributed by atoms with E-state index in [1.807, 2.05) is 26.0 Å². The van der Waals surface area contributed by atoms with Crippen molar-refractivity contribution in [1.82, 2.24) is 4.98 Å². The molecule has 0 aliphatic carbocycles. The zero-order valence-electron chi connectivity index (χ0n) is 11.4. The lowest BCUT2D eigenvalue weighted by atomic mass is 10.2. The number of hydrogen-bond donors (Lipinski definition) is 2. The molecule has 3 nitrogen and oxygen atoms in total. The summed E-state index contributed by atoms with van der Waals surface area (Å²) in [6, 6.07) is 5.40. The molecule has 21 heavy (non-hydrogen) atoms. The predicted molar refractivity (Wildman–Crippen MR) is 95.6 cm³/mol. The molecule has 7 heteroatoms. The van der Waals surface area contributed by atoms with E-state index >= 15 is 0 Å². The molecule has 2 N–H and O–H groups in total. The first kappa shape index (κ1) is 16.7. The molecule has 0 fully saturated rings. The van der Waals surface area contributed by atoms with E-state index in [0.29, 0.717) is 33.2 Å². The van der Waals surface area contributed by atoms with Crippen molar-refractivity contribution in [3.63, 3.8) is 0 Å². The quantitative estimate of drug-likeness (QED) is 0.623. The van der Waals surface area contributed by atoms with Crippen LogP contribution in [0.25, 0.3) is 0 Å². The Hall–Kier alpha value is -0.680. The van der Waals surface area contributed by atoms with Gasteiger partial charge in [0.1, 0.15) is 5.82 Å². The van der Waals surface area contributed by atoms with Crippen LogP contribution in [0.3, 0.4) is 0 Å². The van der Waals surface area contributed by atoms with Crippen LogP contribution in [0.2, 0.25) is 15.1 Å². The Kier molecular flexibility index (Phi) is 5.60. The molecule has 0 amide bonds. The van der Waals surface area contributed by atoms with Crippen LogP contribution in [0, 0.1) is 6.92 Å². The van der Waals surface area contributed by atoms with Gasteiger partial charge in [0.15, 0.2) is 5.82 Å². The number of aryl methyl sites for hydroxylation is 1. The first-order valence-electron chi connectivity index (χ1n) is 6.25. The van der Waals surface area contributed by atoms with Crippen LogP contribution in [0.4, 0.5) is 17.3 Å². The average molecular weight is 410 g/mol. The molecule has 1 heterocycles. The lowest BCUT2D eigenvalue weighted by molar-refractivity contribution is 1.16. The van der Waals surface area contributed by atoms with Crippen LogP contribution in [0.1, 0.15) is 12.5 Å². The third-order valence-electron chi connectivity index (χ3n) is 2.78. The lowest BCUT2D eigenvalue weighted by Crippen LogP contribution is -2.03. The number of rotatable bonds is 4. The zero-order chi connectivity index (χ0) is 15.6. The minimum atomic E-state index is 0.435. The van der Waals surface area contributed by atoms with Crippen molar-refractivity contribution in [3.8, 4) is 0 Å². The summed E-state index contributed by atoms with van der Waals surface area (Å²) in [7, 11) is 0. The van der Waals surface area contributed by atoms with E-state index in [0.717, 1.165) is 15.7 Å². The summed E-state index contributed by atoms with van der Waals surface area (Å²) in [5, 5.41) is 7.83. The summed E-state index contributed by atoms with van der Waals surface area (Å²) < 4.78 is 0.877. The molecule has 0 aliphatic heterocycles. The highest BCUT2D eigenvalue weighted by atomic mass is 79.9. The molecule has 0 bridgehead atoms. The molecule has 112 valence electrons. The Balaban J connectivity index is 2.39.